The predicted molar refractivity (Wildman–Crippen MR) is 89.5 cm³/mol. The van der Waals surface area contributed by atoms with Crippen LogP contribution in [0.3, 0.4) is 0 Å². The van der Waals surface area contributed by atoms with Crippen molar-refractivity contribution < 1.29 is 9.13 Å². The summed E-state index contributed by atoms with van der Waals surface area (Å²) in [6, 6.07) is 4.32. The van der Waals surface area contributed by atoms with Crippen LogP contribution >= 0.6 is 55.1 Å². The van der Waals surface area contributed by atoms with Gasteiger partial charge >= 0.3 is 0 Å². The van der Waals surface area contributed by atoms with Gasteiger partial charge in [-0.15, -0.1) is 0 Å². The van der Waals surface area contributed by atoms with Gasteiger partial charge in [0.15, 0.2) is 11.6 Å². The molecule has 1 heterocycles. The number of hydrogen-bond acceptors (Lipinski definition) is 3. The van der Waals surface area contributed by atoms with E-state index in [2.05, 4.69) is 36.8 Å². The largest absolute Gasteiger partial charge is 0.481 e. The molecule has 0 aliphatic rings. The van der Waals surface area contributed by atoms with Crippen molar-refractivity contribution in [2.24, 2.45) is 0 Å². The number of nitrogens with two attached hydrogens (primary N) is 1. The fourth-order valence-electron chi connectivity index (χ4n) is 1.76. The van der Waals surface area contributed by atoms with Gasteiger partial charge in [-0.25, -0.2) is 9.37 Å². The lowest BCUT2D eigenvalue weighted by Crippen LogP contribution is -2.08. The summed E-state index contributed by atoms with van der Waals surface area (Å²) in [6.45, 7) is 1.69. The Morgan fingerprint density at radius 3 is 2.62 bits per heavy atom. The molecule has 0 amide bonds. The number of halogens is 5. The van der Waals surface area contributed by atoms with E-state index in [-0.39, 0.29) is 10.8 Å². The van der Waals surface area contributed by atoms with Crippen molar-refractivity contribution in [3.63, 3.8) is 0 Å². The number of anilines is 1. The minimum atomic E-state index is -0.609. The molecule has 0 aliphatic heterocycles. The molecular weight excluding hydrogens is 450 g/mol. The van der Waals surface area contributed by atoms with Crippen molar-refractivity contribution in [1.29, 1.82) is 0 Å². The first-order valence-corrected chi connectivity index (χ1v) is 8.07. The molecule has 8 heteroatoms. The Hall–Kier alpha value is -0.560. The van der Waals surface area contributed by atoms with Crippen molar-refractivity contribution in [1.82, 2.24) is 4.98 Å². The number of aromatic nitrogens is 1. The summed E-state index contributed by atoms with van der Waals surface area (Å²) >= 11 is 18.6. The Morgan fingerprint density at radius 1 is 1.33 bits per heavy atom. The third-order valence-corrected chi connectivity index (χ3v) is 4.41. The number of ether oxygens (including phenoxy) is 1. The molecule has 1 aromatic heterocycles. The smallest absolute Gasteiger partial charge is 0.176 e. The van der Waals surface area contributed by atoms with Gasteiger partial charge in [-0.05, 0) is 57.0 Å². The highest BCUT2D eigenvalue weighted by atomic mass is 79.9. The molecule has 0 unspecified atom stereocenters. The Morgan fingerprint density at radius 2 is 2.00 bits per heavy atom. The topological polar surface area (TPSA) is 48.1 Å². The van der Waals surface area contributed by atoms with Crippen LogP contribution in [0.1, 0.15) is 18.6 Å². The van der Waals surface area contributed by atoms with Gasteiger partial charge < -0.3 is 10.5 Å². The van der Waals surface area contributed by atoms with Gasteiger partial charge in [-0.3, -0.25) is 0 Å². The van der Waals surface area contributed by atoms with Crippen molar-refractivity contribution in [3.05, 3.63) is 48.7 Å². The van der Waals surface area contributed by atoms with Gasteiger partial charge in [0, 0.05) is 10.6 Å². The van der Waals surface area contributed by atoms with Gasteiger partial charge in [0.25, 0.3) is 0 Å². The van der Waals surface area contributed by atoms with Gasteiger partial charge in [-0.2, -0.15) is 0 Å². The SMILES string of the molecule is C[C@@H](Oc1c(Br)cc(Br)nc1N)c1c(Cl)ccc(F)c1Cl. The van der Waals surface area contributed by atoms with Crippen LogP contribution in [0.5, 0.6) is 5.75 Å². The summed E-state index contributed by atoms with van der Waals surface area (Å²) in [6.07, 6.45) is -0.609. The molecule has 112 valence electrons. The Kier molecular flexibility index (Phi) is 5.35. The Bertz CT molecular complexity index is 677. The normalized spacial score (nSPS) is 12.3. The minimum Gasteiger partial charge on any atom is -0.481 e. The standard InChI is InChI=1S/C13H9Br2Cl2FN2O/c1-5(10-7(16)2-3-8(18)11(10)17)21-12-6(14)4-9(15)20-13(12)19/h2-5H,1H3,(H2,19,20)/t5-/m1/s1. The first-order valence-electron chi connectivity index (χ1n) is 5.72. The lowest BCUT2D eigenvalue weighted by molar-refractivity contribution is 0.225. The summed E-state index contributed by atoms with van der Waals surface area (Å²) in [5.41, 5.74) is 6.17. The highest BCUT2D eigenvalue weighted by molar-refractivity contribution is 9.11. The highest BCUT2D eigenvalue weighted by Crippen LogP contribution is 2.39. The van der Waals surface area contributed by atoms with E-state index in [1.54, 1.807) is 13.0 Å². The summed E-state index contributed by atoms with van der Waals surface area (Å²) in [4.78, 5) is 4.04. The van der Waals surface area contributed by atoms with Crippen LogP contribution in [0.25, 0.3) is 0 Å². The molecule has 0 saturated heterocycles. The molecule has 0 bridgehead atoms. The first-order chi connectivity index (χ1) is 9.81. The zero-order chi connectivity index (χ0) is 15.7. The van der Waals surface area contributed by atoms with Crippen molar-refractivity contribution in [3.8, 4) is 5.75 Å². The van der Waals surface area contributed by atoms with E-state index in [0.717, 1.165) is 0 Å². The van der Waals surface area contributed by atoms with E-state index >= 15 is 0 Å². The fourth-order valence-corrected chi connectivity index (χ4v) is 3.68. The number of nitrogen functional groups attached to an aromatic ring is 1. The van der Waals surface area contributed by atoms with Crippen LogP contribution in [-0.2, 0) is 0 Å². The van der Waals surface area contributed by atoms with Crippen LogP contribution in [0.4, 0.5) is 10.2 Å². The Labute approximate surface area is 147 Å². The zero-order valence-corrected chi connectivity index (χ0v) is 15.3. The zero-order valence-electron chi connectivity index (χ0n) is 10.6. The maximum absolute atomic E-state index is 13.6. The maximum atomic E-state index is 13.6. The third kappa shape index (κ3) is 3.62. The molecule has 2 rings (SSSR count). The molecule has 3 nitrogen and oxygen atoms in total. The monoisotopic (exact) mass is 456 g/mol. The first kappa shape index (κ1) is 16.8. The van der Waals surface area contributed by atoms with Crippen molar-refractivity contribution in [2.45, 2.75) is 13.0 Å². The third-order valence-electron chi connectivity index (χ3n) is 2.70. The number of rotatable bonds is 3. The molecule has 0 radical (unpaired) electrons. The fraction of sp³-hybridized carbons (Fsp3) is 0.154. The van der Waals surface area contributed by atoms with Gasteiger partial charge in [0.1, 0.15) is 16.5 Å². The molecule has 21 heavy (non-hydrogen) atoms. The molecule has 0 aliphatic carbocycles. The van der Waals surface area contributed by atoms with Gasteiger partial charge in [0.2, 0.25) is 0 Å². The molecule has 2 aromatic rings. The second-order valence-corrected chi connectivity index (χ2v) is 6.61. The van der Waals surface area contributed by atoms with Crippen LogP contribution < -0.4 is 10.5 Å². The van der Waals surface area contributed by atoms with E-state index in [0.29, 0.717) is 25.4 Å². The summed E-state index contributed by atoms with van der Waals surface area (Å²) in [7, 11) is 0. The quantitative estimate of drug-likeness (QED) is 0.469. The average Bonchev–Trinajstić information content (AvgIpc) is 2.38. The molecule has 1 aromatic carbocycles. The van der Waals surface area contributed by atoms with Crippen LogP contribution in [0.2, 0.25) is 10.0 Å². The van der Waals surface area contributed by atoms with Gasteiger partial charge in [-0.1, -0.05) is 23.2 Å². The molecule has 1 atom stereocenters. The minimum absolute atomic E-state index is 0.0743. The van der Waals surface area contributed by atoms with E-state index in [1.165, 1.54) is 12.1 Å². The average molecular weight is 459 g/mol. The number of benzene rings is 1. The van der Waals surface area contributed by atoms with Crippen LogP contribution in [0.15, 0.2) is 27.3 Å². The lowest BCUT2D eigenvalue weighted by atomic mass is 10.1. The second kappa shape index (κ2) is 6.69. The second-order valence-electron chi connectivity index (χ2n) is 4.16. The van der Waals surface area contributed by atoms with E-state index in [1.807, 2.05) is 0 Å². The van der Waals surface area contributed by atoms with Crippen molar-refractivity contribution >= 4 is 60.9 Å². The number of hydrogen-bond donors (Lipinski definition) is 1. The van der Waals surface area contributed by atoms with Gasteiger partial charge in [0.05, 0.1) is 9.50 Å². The predicted octanol–water partition coefficient (Wildman–Crippen LogP) is 5.77. The molecule has 2 N–H and O–H groups in total. The molecule has 0 spiro atoms. The maximum Gasteiger partial charge on any atom is 0.176 e. The Balaban J connectivity index is 2.40. The molecular formula is C13H9Br2Cl2FN2O. The highest BCUT2D eigenvalue weighted by Gasteiger charge is 2.21. The summed E-state index contributed by atoms with van der Waals surface area (Å²) < 4.78 is 20.5. The van der Waals surface area contributed by atoms with Crippen LogP contribution in [-0.4, -0.2) is 4.98 Å². The van der Waals surface area contributed by atoms with E-state index in [9.17, 15) is 4.39 Å². The summed E-state index contributed by atoms with van der Waals surface area (Å²) in [5.74, 6) is -0.0404. The molecule has 0 fully saturated rings. The van der Waals surface area contributed by atoms with E-state index < -0.39 is 11.9 Å². The van der Waals surface area contributed by atoms with Crippen LogP contribution in [0, 0.1) is 5.82 Å². The number of nitrogens with zero attached hydrogens (tertiary/aromatic N) is 1. The summed E-state index contributed by atoms with van der Waals surface area (Å²) in [5, 5.41) is 0.239. The van der Waals surface area contributed by atoms with Crippen molar-refractivity contribution in [2.75, 3.05) is 5.73 Å². The number of pyridine rings is 1. The van der Waals surface area contributed by atoms with E-state index in [4.69, 9.17) is 33.7 Å². The lowest BCUT2D eigenvalue weighted by Gasteiger charge is -2.19. The molecule has 0 saturated carbocycles.